The summed E-state index contributed by atoms with van der Waals surface area (Å²) < 4.78 is 10.7. The highest BCUT2D eigenvalue weighted by Gasteiger charge is 2.12. The third-order valence-corrected chi connectivity index (χ3v) is 3.41. The van der Waals surface area contributed by atoms with Crippen LogP contribution in [-0.2, 0) is 17.6 Å². The molecule has 21 heavy (non-hydrogen) atoms. The fourth-order valence-electron chi connectivity index (χ4n) is 2.34. The van der Waals surface area contributed by atoms with Crippen molar-refractivity contribution in [1.29, 1.82) is 0 Å². The Morgan fingerprint density at radius 3 is 2.43 bits per heavy atom. The molecule has 0 spiro atoms. The van der Waals surface area contributed by atoms with Gasteiger partial charge in [0, 0.05) is 12.6 Å². The summed E-state index contributed by atoms with van der Waals surface area (Å²) in [5.41, 5.74) is 3.29. The van der Waals surface area contributed by atoms with Crippen LogP contribution in [0.15, 0.2) is 42.5 Å². The summed E-state index contributed by atoms with van der Waals surface area (Å²) in [6.45, 7) is 1.82. The van der Waals surface area contributed by atoms with Gasteiger partial charge in [-0.2, -0.15) is 0 Å². The summed E-state index contributed by atoms with van der Waals surface area (Å²) in [6, 6.07) is 14.0. The number of nitrogens with one attached hydrogen (secondary N) is 1. The lowest BCUT2D eigenvalue weighted by molar-refractivity contribution is -0.114. The van der Waals surface area contributed by atoms with E-state index in [1.54, 1.807) is 0 Å². The summed E-state index contributed by atoms with van der Waals surface area (Å²) in [5.74, 6) is 1.59. The van der Waals surface area contributed by atoms with Gasteiger partial charge in [-0.15, -0.1) is 0 Å². The van der Waals surface area contributed by atoms with Gasteiger partial charge in [0.05, 0.1) is 0 Å². The topological polar surface area (TPSA) is 47.6 Å². The third-order valence-electron chi connectivity index (χ3n) is 3.41. The zero-order chi connectivity index (χ0) is 14.7. The van der Waals surface area contributed by atoms with Gasteiger partial charge in [-0.1, -0.05) is 18.2 Å². The van der Waals surface area contributed by atoms with Crippen molar-refractivity contribution in [2.24, 2.45) is 0 Å². The molecule has 0 aromatic heterocycles. The molecule has 0 saturated heterocycles. The van der Waals surface area contributed by atoms with Crippen LogP contribution in [0.2, 0.25) is 0 Å². The van der Waals surface area contributed by atoms with Gasteiger partial charge in [-0.05, 0) is 48.2 Å². The van der Waals surface area contributed by atoms with Gasteiger partial charge in [0.2, 0.25) is 12.7 Å². The fraction of sp³-hybridized carbons (Fsp3) is 0.235. The molecule has 1 N–H and O–H groups in total. The van der Waals surface area contributed by atoms with Gasteiger partial charge in [0.1, 0.15) is 0 Å². The molecule has 0 saturated carbocycles. The number of aryl methyl sites for hydroxylation is 2. The molecule has 2 aromatic rings. The van der Waals surface area contributed by atoms with Crippen LogP contribution in [0.1, 0.15) is 18.1 Å². The predicted octanol–water partition coefficient (Wildman–Crippen LogP) is 3.16. The minimum absolute atomic E-state index is 0.0527. The van der Waals surface area contributed by atoms with Crippen LogP contribution in [0.4, 0.5) is 5.69 Å². The highest BCUT2D eigenvalue weighted by molar-refractivity contribution is 5.88. The number of fused-ring (bicyclic) bond motifs is 1. The molecule has 0 fully saturated rings. The van der Waals surface area contributed by atoms with Crippen LogP contribution < -0.4 is 14.8 Å². The van der Waals surface area contributed by atoms with Crippen LogP contribution in [0, 0.1) is 0 Å². The monoisotopic (exact) mass is 283 g/mol. The largest absolute Gasteiger partial charge is 0.454 e. The Bertz CT molecular complexity index is 650. The van der Waals surface area contributed by atoms with Crippen LogP contribution in [0.5, 0.6) is 11.5 Å². The van der Waals surface area contributed by atoms with Crippen LogP contribution >= 0.6 is 0 Å². The van der Waals surface area contributed by atoms with Crippen molar-refractivity contribution < 1.29 is 14.3 Å². The number of carbonyl (C=O) groups excluding carboxylic acids is 1. The Morgan fingerprint density at radius 1 is 1.00 bits per heavy atom. The van der Waals surface area contributed by atoms with E-state index in [0.717, 1.165) is 30.0 Å². The minimum Gasteiger partial charge on any atom is -0.454 e. The Morgan fingerprint density at radius 2 is 1.67 bits per heavy atom. The van der Waals surface area contributed by atoms with Gasteiger partial charge < -0.3 is 14.8 Å². The maximum absolute atomic E-state index is 11.0. The molecule has 0 unspecified atom stereocenters. The first-order valence-electron chi connectivity index (χ1n) is 6.96. The SMILES string of the molecule is CC(=O)Nc1ccc(CCc2ccc3c(c2)OCO3)cc1. The number of ether oxygens (including phenoxy) is 2. The van der Waals surface area contributed by atoms with E-state index in [-0.39, 0.29) is 5.91 Å². The molecule has 2 aromatic carbocycles. The van der Waals surface area contributed by atoms with Crippen molar-refractivity contribution >= 4 is 11.6 Å². The van der Waals surface area contributed by atoms with Gasteiger partial charge >= 0.3 is 0 Å². The molecule has 1 heterocycles. The maximum Gasteiger partial charge on any atom is 0.231 e. The van der Waals surface area contributed by atoms with E-state index in [2.05, 4.69) is 11.4 Å². The average Bonchev–Trinajstić information content (AvgIpc) is 2.93. The molecule has 108 valence electrons. The van der Waals surface area contributed by atoms with Crippen molar-refractivity contribution in [2.75, 3.05) is 12.1 Å². The van der Waals surface area contributed by atoms with Crippen LogP contribution in [0.25, 0.3) is 0 Å². The summed E-state index contributed by atoms with van der Waals surface area (Å²) in [7, 11) is 0. The van der Waals surface area contributed by atoms with Crippen LogP contribution in [-0.4, -0.2) is 12.7 Å². The molecule has 0 atom stereocenters. The summed E-state index contributed by atoms with van der Waals surface area (Å²) in [5, 5.41) is 2.76. The van der Waals surface area contributed by atoms with E-state index in [1.807, 2.05) is 36.4 Å². The number of anilines is 1. The fourth-order valence-corrected chi connectivity index (χ4v) is 2.34. The zero-order valence-electron chi connectivity index (χ0n) is 11.9. The van der Waals surface area contributed by atoms with Gasteiger partial charge in [0.15, 0.2) is 11.5 Å². The Balaban J connectivity index is 1.61. The number of benzene rings is 2. The lowest BCUT2D eigenvalue weighted by atomic mass is 10.0. The molecule has 4 heteroatoms. The molecular formula is C17H17NO3. The number of carbonyl (C=O) groups is 1. The molecule has 1 aliphatic heterocycles. The highest BCUT2D eigenvalue weighted by atomic mass is 16.7. The second kappa shape index (κ2) is 5.87. The molecule has 0 bridgehead atoms. The lowest BCUT2D eigenvalue weighted by Gasteiger charge is -2.06. The zero-order valence-corrected chi connectivity index (χ0v) is 11.9. The molecule has 3 rings (SSSR count). The van der Waals surface area contributed by atoms with E-state index < -0.39 is 0 Å². The Kier molecular flexibility index (Phi) is 3.77. The van der Waals surface area contributed by atoms with Crippen molar-refractivity contribution in [3.63, 3.8) is 0 Å². The Hall–Kier alpha value is -2.49. The van der Waals surface area contributed by atoms with E-state index in [1.165, 1.54) is 18.1 Å². The molecule has 4 nitrogen and oxygen atoms in total. The second-order valence-electron chi connectivity index (χ2n) is 5.07. The second-order valence-corrected chi connectivity index (χ2v) is 5.07. The minimum atomic E-state index is -0.0527. The van der Waals surface area contributed by atoms with E-state index >= 15 is 0 Å². The summed E-state index contributed by atoms with van der Waals surface area (Å²) in [6.07, 6.45) is 1.89. The molecule has 0 radical (unpaired) electrons. The van der Waals surface area contributed by atoms with Crippen molar-refractivity contribution in [2.45, 2.75) is 19.8 Å². The number of amides is 1. The standard InChI is InChI=1S/C17H17NO3/c1-12(19)18-15-7-4-13(5-8-15)2-3-14-6-9-16-17(10-14)21-11-20-16/h4-10H,2-3,11H2,1H3,(H,18,19). The third kappa shape index (κ3) is 3.34. The van der Waals surface area contributed by atoms with E-state index in [0.29, 0.717) is 6.79 Å². The van der Waals surface area contributed by atoms with Gasteiger partial charge in [0.25, 0.3) is 0 Å². The van der Waals surface area contributed by atoms with E-state index in [9.17, 15) is 4.79 Å². The lowest BCUT2D eigenvalue weighted by Crippen LogP contribution is -2.05. The highest BCUT2D eigenvalue weighted by Crippen LogP contribution is 2.32. The quantitative estimate of drug-likeness (QED) is 0.937. The van der Waals surface area contributed by atoms with Crippen molar-refractivity contribution in [1.82, 2.24) is 0 Å². The number of hydrogen-bond donors (Lipinski definition) is 1. The van der Waals surface area contributed by atoms with Crippen LogP contribution in [0.3, 0.4) is 0 Å². The molecule has 0 aliphatic carbocycles. The normalized spacial score (nSPS) is 12.2. The number of rotatable bonds is 4. The molecule has 1 amide bonds. The average molecular weight is 283 g/mol. The molecular weight excluding hydrogens is 266 g/mol. The first-order valence-corrected chi connectivity index (χ1v) is 6.96. The first kappa shape index (κ1) is 13.5. The summed E-state index contributed by atoms with van der Waals surface area (Å²) in [4.78, 5) is 11.0. The maximum atomic E-state index is 11.0. The Labute approximate surface area is 123 Å². The molecule has 1 aliphatic rings. The number of hydrogen-bond acceptors (Lipinski definition) is 3. The summed E-state index contributed by atoms with van der Waals surface area (Å²) >= 11 is 0. The van der Waals surface area contributed by atoms with Crippen molar-refractivity contribution in [3.8, 4) is 11.5 Å². The predicted molar refractivity (Wildman–Crippen MR) is 80.7 cm³/mol. The van der Waals surface area contributed by atoms with E-state index in [4.69, 9.17) is 9.47 Å². The smallest absolute Gasteiger partial charge is 0.231 e. The van der Waals surface area contributed by atoms with Gasteiger partial charge in [-0.3, -0.25) is 4.79 Å². The first-order chi connectivity index (χ1) is 10.2. The van der Waals surface area contributed by atoms with Crippen molar-refractivity contribution in [3.05, 3.63) is 53.6 Å². The van der Waals surface area contributed by atoms with Gasteiger partial charge in [-0.25, -0.2) is 0 Å².